The van der Waals surface area contributed by atoms with E-state index in [9.17, 15) is 8.42 Å². The molecule has 0 bridgehead atoms. The fraction of sp³-hybridized carbons (Fsp3) is 0.294. The molecule has 124 valence electrons. The Hall–Kier alpha value is -1.07. The Morgan fingerprint density at radius 2 is 1.74 bits per heavy atom. The highest BCUT2D eigenvalue weighted by atomic mass is 35.5. The van der Waals surface area contributed by atoms with Crippen molar-refractivity contribution in [2.75, 3.05) is 0 Å². The summed E-state index contributed by atoms with van der Waals surface area (Å²) in [6.45, 7) is 5.83. The number of rotatable bonds is 5. The summed E-state index contributed by atoms with van der Waals surface area (Å²) >= 11 is 11.8. The first kappa shape index (κ1) is 18.3. The highest BCUT2D eigenvalue weighted by Gasteiger charge is 2.18. The zero-order valence-corrected chi connectivity index (χ0v) is 15.6. The molecule has 0 aliphatic heterocycles. The zero-order chi connectivity index (χ0) is 17.2. The van der Waals surface area contributed by atoms with Crippen molar-refractivity contribution in [3.8, 4) is 0 Å². The number of nitrogens with one attached hydrogen (secondary N) is 1. The van der Waals surface area contributed by atoms with Crippen LogP contribution in [0.1, 0.15) is 35.2 Å². The van der Waals surface area contributed by atoms with E-state index in [0.29, 0.717) is 15.6 Å². The summed E-state index contributed by atoms with van der Waals surface area (Å²) in [5.41, 5.74) is 3.78. The molecule has 0 spiro atoms. The summed E-state index contributed by atoms with van der Waals surface area (Å²) in [7, 11) is -3.49. The van der Waals surface area contributed by atoms with Gasteiger partial charge in [0.1, 0.15) is 0 Å². The summed E-state index contributed by atoms with van der Waals surface area (Å²) in [4.78, 5) is 0. The Balaban J connectivity index is 2.15. The molecule has 0 amide bonds. The predicted molar refractivity (Wildman–Crippen MR) is 96.6 cm³/mol. The number of hydrogen-bond donors (Lipinski definition) is 1. The Kier molecular flexibility index (Phi) is 5.74. The second kappa shape index (κ2) is 7.22. The van der Waals surface area contributed by atoms with Crippen molar-refractivity contribution in [2.24, 2.45) is 0 Å². The van der Waals surface area contributed by atoms with Crippen LogP contribution in [0.4, 0.5) is 0 Å². The van der Waals surface area contributed by atoms with Gasteiger partial charge in [-0.1, -0.05) is 53.0 Å². The molecule has 0 saturated heterocycles. The van der Waals surface area contributed by atoms with Crippen molar-refractivity contribution < 1.29 is 8.42 Å². The zero-order valence-electron chi connectivity index (χ0n) is 13.2. The average molecular weight is 372 g/mol. The largest absolute Gasteiger partial charge is 0.216 e. The minimum absolute atomic E-state index is 0.140. The first-order valence-corrected chi connectivity index (χ1v) is 9.60. The summed E-state index contributed by atoms with van der Waals surface area (Å²) in [5.74, 6) is -0.140. The van der Waals surface area contributed by atoms with E-state index in [0.717, 1.165) is 16.7 Å². The van der Waals surface area contributed by atoms with E-state index in [2.05, 4.69) is 4.72 Å². The maximum Gasteiger partial charge on any atom is 0.216 e. The van der Waals surface area contributed by atoms with Gasteiger partial charge in [-0.2, -0.15) is 0 Å². The molecule has 3 nitrogen and oxygen atoms in total. The van der Waals surface area contributed by atoms with E-state index in [-0.39, 0.29) is 11.8 Å². The molecule has 0 fully saturated rings. The summed E-state index contributed by atoms with van der Waals surface area (Å²) in [5, 5.41) is 0.756. The summed E-state index contributed by atoms with van der Waals surface area (Å²) in [6.07, 6.45) is 0. The van der Waals surface area contributed by atoms with E-state index in [1.807, 2.05) is 39.0 Å². The van der Waals surface area contributed by atoms with Gasteiger partial charge in [-0.25, -0.2) is 13.1 Å². The molecule has 2 aromatic carbocycles. The molecule has 2 aromatic rings. The fourth-order valence-electron chi connectivity index (χ4n) is 2.53. The van der Waals surface area contributed by atoms with Gasteiger partial charge in [-0.05, 0) is 49.6 Å². The van der Waals surface area contributed by atoms with Gasteiger partial charge in [0.15, 0.2) is 0 Å². The Morgan fingerprint density at radius 1 is 1.04 bits per heavy atom. The predicted octanol–water partition coefficient (Wildman–Crippen LogP) is 4.79. The van der Waals surface area contributed by atoms with Crippen LogP contribution in [0.3, 0.4) is 0 Å². The molecule has 2 rings (SSSR count). The van der Waals surface area contributed by atoms with Crippen LogP contribution in [0.2, 0.25) is 10.0 Å². The molecule has 0 aliphatic rings. The number of halogens is 2. The Bertz CT molecular complexity index is 819. The van der Waals surface area contributed by atoms with E-state index in [1.165, 1.54) is 0 Å². The van der Waals surface area contributed by atoms with Crippen LogP contribution in [0.5, 0.6) is 0 Å². The van der Waals surface area contributed by atoms with Crippen LogP contribution in [-0.4, -0.2) is 8.42 Å². The molecule has 0 aliphatic carbocycles. The minimum Gasteiger partial charge on any atom is -0.212 e. The van der Waals surface area contributed by atoms with Gasteiger partial charge < -0.3 is 0 Å². The number of hydrogen-bond acceptors (Lipinski definition) is 2. The van der Waals surface area contributed by atoms with Crippen LogP contribution < -0.4 is 4.72 Å². The third-order valence-corrected chi connectivity index (χ3v) is 5.75. The van der Waals surface area contributed by atoms with Crippen LogP contribution in [0, 0.1) is 13.8 Å². The normalized spacial score (nSPS) is 13.1. The molecule has 0 radical (unpaired) electrons. The minimum atomic E-state index is -3.49. The monoisotopic (exact) mass is 371 g/mol. The van der Waals surface area contributed by atoms with Crippen LogP contribution >= 0.6 is 23.2 Å². The van der Waals surface area contributed by atoms with Crippen molar-refractivity contribution in [1.82, 2.24) is 4.72 Å². The van der Waals surface area contributed by atoms with Crippen molar-refractivity contribution in [3.05, 3.63) is 68.7 Å². The highest BCUT2D eigenvalue weighted by molar-refractivity contribution is 7.88. The van der Waals surface area contributed by atoms with Gasteiger partial charge in [0, 0.05) is 6.04 Å². The standard InChI is InChI=1S/C17H19Cl2NO2S/c1-11-4-6-15(12(2)8-11)13(3)20-23(21,22)10-14-5-7-16(18)17(19)9-14/h4-9,13,20H,10H2,1-3H3/t13-/m1/s1. The number of sulfonamides is 1. The van der Waals surface area contributed by atoms with Gasteiger partial charge in [-0.3, -0.25) is 0 Å². The molecule has 0 unspecified atom stereocenters. The third-order valence-electron chi connectivity index (χ3n) is 3.59. The lowest BCUT2D eigenvalue weighted by Gasteiger charge is -2.17. The van der Waals surface area contributed by atoms with Crippen molar-refractivity contribution in [1.29, 1.82) is 0 Å². The maximum atomic E-state index is 12.4. The topological polar surface area (TPSA) is 46.2 Å². The summed E-state index contributed by atoms with van der Waals surface area (Å²) in [6, 6.07) is 10.5. The smallest absolute Gasteiger partial charge is 0.212 e. The average Bonchev–Trinajstić information content (AvgIpc) is 2.41. The van der Waals surface area contributed by atoms with Crippen molar-refractivity contribution >= 4 is 33.2 Å². The second-order valence-electron chi connectivity index (χ2n) is 5.71. The molecular formula is C17H19Cl2NO2S. The number of aryl methyl sites for hydroxylation is 2. The quantitative estimate of drug-likeness (QED) is 0.820. The van der Waals surface area contributed by atoms with Crippen LogP contribution in [0.15, 0.2) is 36.4 Å². The van der Waals surface area contributed by atoms with Crippen LogP contribution in [-0.2, 0) is 15.8 Å². The highest BCUT2D eigenvalue weighted by Crippen LogP contribution is 2.24. The Morgan fingerprint density at radius 3 is 2.35 bits per heavy atom. The fourth-order valence-corrected chi connectivity index (χ4v) is 4.22. The SMILES string of the molecule is Cc1ccc([C@@H](C)NS(=O)(=O)Cc2ccc(Cl)c(Cl)c2)c(C)c1. The first-order chi connectivity index (χ1) is 10.7. The van der Waals surface area contributed by atoms with E-state index < -0.39 is 10.0 Å². The second-order valence-corrected chi connectivity index (χ2v) is 8.28. The Labute approximate surface area is 147 Å². The van der Waals surface area contributed by atoms with Gasteiger partial charge in [-0.15, -0.1) is 0 Å². The lowest BCUT2D eigenvalue weighted by Crippen LogP contribution is -2.28. The van der Waals surface area contributed by atoms with Gasteiger partial charge in [0.05, 0.1) is 15.8 Å². The molecule has 23 heavy (non-hydrogen) atoms. The van der Waals surface area contributed by atoms with E-state index in [1.54, 1.807) is 18.2 Å². The van der Waals surface area contributed by atoms with Crippen molar-refractivity contribution in [3.63, 3.8) is 0 Å². The molecule has 1 N–H and O–H groups in total. The third kappa shape index (κ3) is 4.95. The molecule has 6 heteroatoms. The molecule has 0 saturated carbocycles. The lowest BCUT2D eigenvalue weighted by molar-refractivity contribution is 0.565. The lowest BCUT2D eigenvalue weighted by atomic mass is 10.0. The molecule has 0 heterocycles. The van der Waals surface area contributed by atoms with Crippen molar-refractivity contribution in [2.45, 2.75) is 32.6 Å². The maximum absolute atomic E-state index is 12.4. The molecular weight excluding hydrogens is 353 g/mol. The van der Waals surface area contributed by atoms with Gasteiger partial charge >= 0.3 is 0 Å². The number of benzene rings is 2. The van der Waals surface area contributed by atoms with E-state index >= 15 is 0 Å². The van der Waals surface area contributed by atoms with E-state index in [4.69, 9.17) is 23.2 Å². The molecule has 1 atom stereocenters. The summed E-state index contributed by atoms with van der Waals surface area (Å²) < 4.78 is 27.5. The van der Waals surface area contributed by atoms with Gasteiger partial charge in [0.25, 0.3) is 0 Å². The van der Waals surface area contributed by atoms with Crippen LogP contribution in [0.25, 0.3) is 0 Å². The molecule has 0 aromatic heterocycles. The van der Waals surface area contributed by atoms with Gasteiger partial charge in [0.2, 0.25) is 10.0 Å². The first-order valence-electron chi connectivity index (χ1n) is 7.19.